The Hall–Kier alpha value is -3.48. The number of hydrogen-bond acceptors (Lipinski definition) is 10. The Morgan fingerprint density at radius 2 is 2.00 bits per heavy atom. The van der Waals surface area contributed by atoms with Crippen LogP contribution >= 0.6 is 22.9 Å². The number of aromatic nitrogens is 5. The Kier molecular flexibility index (Phi) is 7.13. The first-order valence-corrected chi connectivity index (χ1v) is 12.6. The van der Waals surface area contributed by atoms with Crippen molar-refractivity contribution < 1.29 is 18.7 Å². The lowest BCUT2D eigenvalue weighted by Crippen LogP contribution is -2.45. The van der Waals surface area contributed by atoms with Crippen molar-refractivity contribution in [1.82, 2.24) is 24.9 Å². The lowest BCUT2D eigenvalue weighted by atomic mass is 10.0. The normalized spacial score (nSPS) is 17.7. The summed E-state index contributed by atoms with van der Waals surface area (Å²) in [5, 5.41) is 3.41. The number of aryl methyl sites for hydroxylation is 1. The number of fused-ring (bicyclic) bond motifs is 1. The molecular formula is C24H23ClFN7O3S. The van der Waals surface area contributed by atoms with Gasteiger partial charge >= 0.3 is 0 Å². The number of nitrogens with zero attached hydrogens (tertiary/aromatic N) is 6. The van der Waals surface area contributed by atoms with Gasteiger partial charge < -0.3 is 14.4 Å². The number of ether oxygens (including phenoxy) is 2. The van der Waals surface area contributed by atoms with Crippen molar-refractivity contribution in [3.05, 3.63) is 47.1 Å². The van der Waals surface area contributed by atoms with Gasteiger partial charge in [0.1, 0.15) is 22.9 Å². The first-order chi connectivity index (χ1) is 17.9. The molecule has 10 nitrogen and oxygen atoms in total. The number of methoxy groups -OCH3 is 2. The summed E-state index contributed by atoms with van der Waals surface area (Å²) in [4.78, 5) is 37.4. The second-order valence-corrected chi connectivity index (χ2v) is 9.80. The number of carbonyl (C=O) groups excluding carboxylic acids is 1. The van der Waals surface area contributed by atoms with Crippen LogP contribution in [0.3, 0.4) is 0 Å². The van der Waals surface area contributed by atoms with Gasteiger partial charge in [0.05, 0.1) is 37.7 Å². The second kappa shape index (κ2) is 10.5. The highest BCUT2D eigenvalue weighted by molar-refractivity contribution is 7.21. The number of halogens is 2. The van der Waals surface area contributed by atoms with Crippen molar-refractivity contribution in [1.29, 1.82) is 0 Å². The summed E-state index contributed by atoms with van der Waals surface area (Å²) in [5.41, 5.74) is 2.61. The van der Waals surface area contributed by atoms with E-state index < -0.39 is 18.2 Å². The summed E-state index contributed by atoms with van der Waals surface area (Å²) in [5.74, 6) is 0.603. The molecule has 1 saturated heterocycles. The lowest BCUT2D eigenvalue weighted by molar-refractivity contribution is 0.0195. The molecule has 13 heteroatoms. The summed E-state index contributed by atoms with van der Waals surface area (Å²) >= 11 is 7.31. The minimum atomic E-state index is -1.11. The number of thiazole rings is 1. The summed E-state index contributed by atoms with van der Waals surface area (Å²) in [6, 6.07) is 3.41. The second-order valence-electron chi connectivity index (χ2n) is 8.43. The molecule has 37 heavy (non-hydrogen) atoms. The van der Waals surface area contributed by atoms with Gasteiger partial charge in [-0.1, -0.05) is 22.9 Å². The largest absolute Gasteiger partial charge is 0.494 e. The summed E-state index contributed by atoms with van der Waals surface area (Å²) in [6.07, 6.45) is 3.59. The van der Waals surface area contributed by atoms with Crippen LogP contribution in [0.2, 0.25) is 5.15 Å². The van der Waals surface area contributed by atoms with Gasteiger partial charge in [-0.05, 0) is 25.5 Å². The average molecular weight is 544 g/mol. The van der Waals surface area contributed by atoms with E-state index in [-0.39, 0.29) is 11.7 Å². The van der Waals surface area contributed by atoms with E-state index in [1.807, 2.05) is 11.8 Å². The van der Waals surface area contributed by atoms with Crippen molar-refractivity contribution >= 4 is 50.3 Å². The third-order valence-corrected chi connectivity index (χ3v) is 7.13. The standard InChI is InChI=1S/C24H23ClFN7O3S/c1-12-6-13(14-7-19(25)28-9-18(14)36-3)15(8-27-12)22(34)32-24-31-21-23(37-24)30-20(10-29-21)33-5-4-17(35-2)16(26)11-33/h6-10,16-17H,4-5,11H2,1-3H3,(H,29,31,32,34)/t16-,17+/m0/s1. The molecule has 0 bridgehead atoms. The zero-order valence-electron chi connectivity index (χ0n) is 20.2. The maximum Gasteiger partial charge on any atom is 0.259 e. The van der Waals surface area contributed by atoms with Crippen LogP contribution in [-0.4, -0.2) is 70.4 Å². The third kappa shape index (κ3) is 5.17. The molecule has 192 valence electrons. The minimum absolute atomic E-state index is 0.173. The van der Waals surface area contributed by atoms with Crippen LogP contribution in [0, 0.1) is 6.92 Å². The zero-order valence-corrected chi connectivity index (χ0v) is 21.8. The fraction of sp³-hybridized carbons (Fsp3) is 0.333. The van der Waals surface area contributed by atoms with E-state index in [1.165, 1.54) is 38.0 Å². The Labute approximate surface area is 220 Å². The molecule has 0 radical (unpaired) electrons. The summed E-state index contributed by atoms with van der Waals surface area (Å²) in [7, 11) is 3.04. The molecule has 0 aromatic carbocycles. The molecule has 0 saturated carbocycles. The van der Waals surface area contributed by atoms with E-state index in [0.29, 0.717) is 62.5 Å². The van der Waals surface area contributed by atoms with Gasteiger partial charge in [-0.3, -0.25) is 15.1 Å². The van der Waals surface area contributed by atoms with Gasteiger partial charge in [0.15, 0.2) is 15.6 Å². The monoisotopic (exact) mass is 543 g/mol. The third-order valence-electron chi connectivity index (χ3n) is 6.07. The molecule has 1 N–H and O–H groups in total. The van der Waals surface area contributed by atoms with Crippen LogP contribution in [0.4, 0.5) is 15.3 Å². The molecule has 0 spiro atoms. The van der Waals surface area contributed by atoms with Crippen molar-refractivity contribution in [3.63, 3.8) is 0 Å². The number of amides is 1. The van der Waals surface area contributed by atoms with Crippen molar-refractivity contribution in [2.75, 3.05) is 37.5 Å². The SMILES string of the molecule is COc1cnc(Cl)cc1-c1cc(C)ncc1C(=O)Nc1nc2ncc(N3CC[C@@H](OC)[C@@H](F)C3)nc2s1. The number of pyridine rings is 2. The molecule has 5 heterocycles. The molecule has 4 aromatic rings. The van der Waals surface area contributed by atoms with Gasteiger partial charge in [0.25, 0.3) is 5.91 Å². The number of carbonyl (C=O) groups is 1. The fourth-order valence-corrected chi connectivity index (χ4v) is 5.14. The van der Waals surface area contributed by atoms with Crippen LogP contribution in [-0.2, 0) is 4.74 Å². The van der Waals surface area contributed by atoms with Crippen molar-refractivity contribution in [2.45, 2.75) is 25.6 Å². The molecule has 1 aliphatic rings. The maximum atomic E-state index is 14.4. The molecular weight excluding hydrogens is 521 g/mol. The number of anilines is 2. The molecule has 1 amide bonds. The van der Waals surface area contributed by atoms with Gasteiger partial charge in [0.2, 0.25) is 0 Å². The van der Waals surface area contributed by atoms with Crippen LogP contribution in [0.15, 0.2) is 30.7 Å². The topological polar surface area (TPSA) is 115 Å². The van der Waals surface area contributed by atoms with E-state index in [9.17, 15) is 9.18 Å². The lowest BCUT2D eigenvalue weighted by Gasteiger charge is -2.34. The Morgan fingerprint density at radius 1 is 1.16 bits per heavy atom. The van der Waals surface area contributed by atoms with E-state index in [2.05, 4.69) is 30.2 Å². The predicted molar refractivity (Wildman–Crippen MR) is 139 cm³/mol. The van der Waals surface area contributed by atoms with E-state index in [1.54, 1.807) is 18.3 Å². The Morgan fingerprint density at radius 3 is 2.76 bits per heavy atom. The highest BCUT2D eigenvalue weighted by Crippen LogP contribution is 2.34. The highest BCUT2D eigenvalue weighted by Gasteiger charge is 2.30. The quantitative estimate of drug-likeness (QED) is 0.355. The maximum absolute atomic E-state index is 14.4. The van der Waals surface area contributed by atoms with Gasteiger partial charge in [-0.25, -0.2) is 19.3 Å². The predicted octanol–water partition coefficient (Wildman–Crippen LogP) is 4.33. The van der Waals surface area contributed by atoms with Gasteiger partial charge in [-0.2, -0.15) is 4.98 Å². The summed E-state index contributed by atoms with van der Waals surface area (Å²) in [6.45, 7) is 2.60. The smallest absolute Gasteiger partial charge is 0.259 e. The first-order valence-electron chi connectivity index (χ1n) is 11.4. The molecule has 0 unspecified atom stereocenters. The average Bonchev–Trinajstić information content (AvgIpc) is 3.29. The van der Waals surface area contributed by atoms with Gasteiger partial charge in [0, 0.05) is 36.7 Å². The first kappa shape index (κ1) is 25.2. The number of piperidine rings is 1. The Balaban J connectivity index is 1.41. The summed E-state index contributed by atoms with van der Waals surface area (Å²) < 4.78 is 25.0. The molecule has 1 fully saturated rings. The van der Waals surface area contributed by atoms with E-state index in [4.69, 9.17) is 21.1 Å². The number of nitrogens with one attached hydrogen (secondary N) is 1. The fourth-order valence-electron chi connectivity index (χ4n) is 4.19. The van der Waals surface area contributed by atoms with E-state index >= 15 is 0 Å². The molecule has 0 aliphatic carbocycles. The van der Waals surface area contributed by atoms with E-state index in [0.717, 1.165) is 0 Å². The van der Waals surface area contributed by atoms with Crippen LogP contribution < -0.4 is 15.0 Å². The Bertz CT molecular complexity index is 1470. The number of alkyl halides is 1. The molecule has 5 rings (SSSR count). The molecule has 4 aromatic heterocycles. The van der Waals surface area contributed by atoms with Crippen molar-refractivity contribution in [2.24, 2.45) is 0 Å². The molecule has 1 aliphatic heterocycles. The van der Waals surface area contributed by atoms with Gasteiger partial charge in [-0.15, -0.1) is 0 Å². The molecule has 2 atom stereocenters. The highest BCUT2D eigenvalue weighted by atomic mass is 35.5. The van der Waals surface area contributed by atoms with Crippen molar-refractivity contribution in [3.8, 4) is 16.9 Å². The number of hydrogen-bond donors (Lipinski definition) is 1. The van der Waals surface area contributed by atoms with Crippen LogP contribution in [0.5, 0.6) is 5.75 Å². The van der Waals surface area contributed by atoms with Crippen LogP contribution in [0.25, 0.3) is 21.6 Å². The number of rotatable bonds is 6. The van der Waals surface area contributed by atoms with Crippen LogP contribution in [0.1, 0.15) is 22.5 Å². The zero-order chi connectivity index (χ0) is 26.1. The minimum Gasteiger partial charge on any atom is -0.494 e.